The normalized spacial score (nSPS) is 22.2. The summed E-state index contributed by atoms with van der Waals surface area (Å²) < 4.78 is 1.12. The Balaban J connectivity index is 0. The van der Waals surface area contributed by atoms with Crippen molar-refractivity contribution in [1.29, 1.82) is 0 Å². The van der Waals surface area contributed by atoms with Crippen LogP contribution in [0.25, 0.3) is 0 Å². The molecule has 3 rings (SSSR count). The first-order chi connectivity index (χ1) is 7.15. The molecule has 19 heavy (non-hydrogen) atoms. The van der Waals surface area contributed by atoms with Crippen molar-refractivity contribution < 1.29 is 63.4 Å². The van der Waals surface area contributed by atoms with Crippen LogP contribution in [0.1, 0.15) is 13.8 Å². The SMILES string of the molecule is CC1=CC2=CC3SC(Br)=[C-]C3=C(C)C2=C1.[Cl-].[Cl-].[Cl-].[Zr+4]. The molecular weight excluding hydrogens is 466 g/mol. The van der Waals surface area contributed by atoms with E-state index >= 15 is 0 Å². The molecule has 0 N–H and O–H groups in total. The molecule has 1 heterocycles. The van der Waals surface area contributed by atoms with Crippen molar-refractivity contribution in [1.82, 2.24) is 0 Å². The fourth-order valence-corrected chi connectivity index (χ4v) is 4.03. The first-order valence-corrected chi connectivity index (χ1v) is 6.62. The van der Waals surface area contributed by atoms with Gasteiger partial charge in [-0.25, -0.2) is 6.08 Å². The van der Waals surface area contributed by atoms with Gasteiger partial charge in [-0.3, -0.25) is 0 Å². The Bertz CT molecular complexity index is 518. The molecule has 0 nitrogen and oxygen atoms in total. The number of fused-ring (bicyclic) bond motifs is 2. The summed E-state index contributed by atoms with van der Waals surface area (Å²) in [6.45, 7) is 4.36. The predicted octanol–water partition coefficient (Wildman–Crippen LogP) is -4.71. The number of hydrogen-bond donors (Lipinski definition) is 0. The first kappa shape index (κ1) is 22.6. The molecule has 0 amide bonds. The maximum atomic E-state index is 3.52. The molecule has 0 radical (unpaired) electrons. The van der Waals surface area contributed by atoms with Gasteiger partial charge in [0.15, 0.2) is 0 Å². The zero-order chi connectivity index (χ0) is 10.6. The van der Waals surface area contributed by atoms with Crippen LogP contribution in [-0.2, 0) is 26.2 Å². The molecule has 0 fully saturated rings. The molecule has 0 aromatic heterocycles. The van der Waals surface area contributed by atoms with Gasteiger partial charge in [0, 0.05) is 5.25 Å². The minimum atomic E-state index is 0. The molecule has 0 saturated carbocycles. The summed E-state index contributed by atoms with van der Waals surface area (Å²) in [5.41, 5.74) is 6.84. The molecule has 0 saturated heterocycles. The van der Waals surface area contributed by atoms with Gasteiger partial charge < -0.3 is 37.2 Å². The fraction of sp³-hybridized carbons (Fsp3) is 0.231. The van der Waals surface area contributed by atoms with E-state index in [9.17, 15) is 0 Å². The zero-order valence-corrected chi connectivity index (χ0v) is 17.4. The second kappa shape index (κ2) is 8.66. The van der Waals surface area contributed by atoms with Crippen LogP contribution in [0.3, 0.4) is 0 Å². The van der Waals surface area contributed by atoms with Crippen molar-refractivity contribution in [2.75, 3.05) is 0 Å². The van der Waals surface area contributed by atoms with Crippen molar-refractivity contribution in [2.24, 2.45) is 0 Å². The van der Waals surface area contributed by atoms with Crippen LogP contribution in [0, 0.1) is 6.08 Å². The van der Waals surface area contributed by atoms with Gasteiger partial charge in [-0.15, -0.1) is 18.7 Å². The summed E-state index contributed by atoms with van der Waals surface area (Å²) in [5, 5.41) is 0.466. The van der Waals surface area contributed by atoms with Crippen LogP contribution in [0.15, 0.2) is 49.9 Å². The van der Waals surface area contributed by atoms with Gasteiger partial charge in [-0.05, 0) is 16.3 Å². The monoisotopic (exact) mass is 472 g/mol. The van der Waals surface area contributed by atoms with E-state index in [2.05, 4.69) is 54.1 Å². The Morgan fingerprint density at radius 3 is 2.42 bits per heavy atom. The van der Waals surface area contributed by atoms with Gasteiger partial charge in [0.1, 0.15) is 0 Å². The summed E-state index contributed by atoms with van der Waals surface area (Å²) in [6.07, 6.45) is 10.3. The summed E-state index contributed by atoms with van der Waals surface area (Å²) in [6, 6.07) is 0. The third-order valence-corrected chi connectivity index (χ3v) is 4.65. The van der Waals surface area contributed by atoms with Crippen molar-refractivity contribution in [3.63, 3.8) is 0 Å². The minimum Gasteiger partial charge on any atom is -1.00 e. The van der Waals surface area contributed by atoms with E-state index in [1.807, 2.05) is 11.8 Å². The van der Waals surface area contributed by atoms with Crippen molar-refractivity contribution in [3.8, 4) is 0 Å². The van der Waals surface area contributed by atoms with Gasteiger partial charge in [-0.2, -0.15) is 11.1 Å². The topological polar surface area (TPSA) is 0 Å². The summed E-state index contributed by atoms with van der Waals surface area (Å²) >= 11 is 5.35. The third-order valence-electron chi connectivity index (χ3n) is 2.95. The van der Waals surface area contributed by atoms with E-state index in [-0.39, 0.29) is 63.4 Å². The number of allylic oxidation sites excluding steroid dienone is 7. The van der Waals surface area contributed by atoms with Gasteiger partial charge >= 0.3 is 26.2 Å². The molecule has 1 atom stereocenters. The van der Waals surface area contributed by atoms with E-state index in [4.69, 9.17) is 0 Å². The molecule has 2 aliphatic carbocycles. The van der Waals surface area contributed by atoms with E-state index in [0.717, 1.165) is 3.81 Å². The Morgan fingerprint density at radius 1 is 1.16 bits per heavy atom. The molecular formula is C13H10BrCl3SZr. The molecule has 0 bridgehead atoms. The molecule has 0 spiro atoms. The molecule has 1 unspecified atom stereocenters. The molecule has 3 aliphatic rings. The van der Waals surface area contributed by atoms with Crippen molar-refractivity contribution in [3.05, 3.63) is 56.0 Å². The second-order valence-corrected chi connectivity index (χ2v) is 6.51. The zero-order valence-electron chi connectivity index (χ0n) is 10.2. The van der Waals surface area contributed by atoms with Gasteiger partial charge in [-0.1, -0.05) is 45.3 Å². The maximum Gasteiger partial charge on any atom is 4.00 e. The quantitative estimate of drug-likeness (QED) is 0.318. The Labute approximate surface area is 164 Å². The average molecular weight is 476 g/mol. The van der Waals surface area contributed by atoms with E-state index < -0.39 is 0 Å². The van der Waals surface area contributed by atoms with Crippen LogP contribution in [0.2, 0.25) is 0 Å². The smallest absolute Gasteiger partial charge is 1.00 e. The fourth-order valence-electron chi connectivity index (χ4n) is 2.25. The summed E-state index contributed by atoms with van der Waals surface area (Å²) in [4.78, 5) is 0. The number of thioether (sulfide) groups is 1. The standard InChI is InChI=1S/C13H10BrS.3ClH.Zr/c1-7-3-9-5-12-11(6-13(14)15-12)8(2)10(9)4-7;;;;/h3-5,12H,1-2H3;3*1H;/q-1;;;;+4/p-3. The van der Waals surface area contributed by atoms with Crippen molar-refractivity contribution >= 4 is 27.7 Å². The predicted molar refractivity (Wildman–Crippen MR) is 69.7 cm³/mol. The average Bonchev–Trinajstić information content (AvgIpc) is 2.69. The van der Waals surface area contributed by atoms with Crippen LogP contribution in [-0.4, -0.2) is 5.25 Å². The number of hydrogen-bond acceptors (Lipinski definition) is 1. The molecule has 0 aromatic carbocycles. The van der Waals surface area contributed by atoms with Gasteiger partial charge in [0.2, 0.25) is 0 Å². The van der Waals surface area contributed by atoms with Crippen molar-refractivity contribution in [2.45, 2.75) is 19.1 Å². The van der Waals surface area contributed by atoms with Gasteiger partial charge in [0.05, 0.1) is 0 Å². The number of halogens is 4. The molecule has 1 aliphatic heterocycles. The molecule has 0 aromatic rings. The van der Waals surface area contributed by atoms with E-state index in [1.165, 1.54) is 27.9 Å². The summed E-state index contributed by atoms with van der Waals surface area (Å²) in [5.74, 6) is 0. The molecule has 6 heteroatoms. The Kier molecular flexibility index (Phi) is 10.3. The Hall–Kier alpha value is 1.28. The third kappa shape index (κ3) is 4.14. The van der Waals surface area contributed by atoms with E-state index in [0.29, 0.717) is 5.25 Å². The maximum absolute atomic E-state index is 3.52. The number of rotatable bonds is 0. The molecule has 100 valence electrons. The Morgan fingerprint density at radius 2 is 1.79 bits per heavy atom. The van der Waals surface area contributed by atoms with Gasteiger partial charge in [0.25, 0.3) is 0 Å². The van der Waals surface area contributed by atoms with Crippen LogP contribution in [0.5, 0.6) is 0 Å². The van der Waals surface area contributed by atoms with Crippen LogP contribution in [0.4, 0.5) is 0 Å². The largest absolute Gasteiger partial charge is 4.00 e. The summed E-state index contributed by atoms with van der Waals surface area (Å²) in [7, 11) is 0. The first-order valence-electron chi connectivity index (χ1n) is 4.94. The van der Waals surface area contributed by atoms with Crippen LogP contribution >= 0.6 is 27.7 Å². The minimum absolute atomic E-state index is 0. The second-order valence-electron chi connectivity index (χ2n) is 4.04. The van der Waals surface area contributed by atoms with Crippen LogP contribution < -0.4 is 37.2 Å². The van der Waals surface area contributed by atoms with E-state index in [1.54, 1.807) is 0 Å².